The summed E-state index contributed by atoms with van der Waals surface area (Å²) in [6.45, 7) is 0.543. The van der Waals surface area contributed by atoms with Gasteiger partial charge >= 0.3 is 0 Å². The molecule has 4 heteroatoms. The predicted octanol–water partition coefficient (Wildman–Crippen LogP) is 3.19. The van der Waals surface area contributed by atoms with Gasteiger partial charge in [0, 0.05) is 29.9 Å². The van der Waals surface area contributed by atoms with Gasteiger partial charge in [0.15, 0.2) is 0 Å². The van der Waals surface area contributed by atoms with Crippen molar-refractivity contribution in [2.24, 2.45) is 0 Å². The molecule has 2 N–H and O–H groups in total. The van der Waals surface area contributed by atoms with E-state index < -0.39 is 0 Å². The quantitative estimate of drug-likeness (QED) is 0.874. The van der Waals surface area contributed by atoms with Crippen LogP contribution in [0, 0.1) is 0 Å². The summed E-state index contributed by atoms with van der Waals surface area (Å²) < 4.78 is 0. The molecule has 0 aliphatic heterocycles. The lowest BCUT2D eigenvalue weighted by Crippen LogP contribution is -2.26. The number of nitrogens with zero attached hydrogens (tertiary/aromatic N) is 1. The maximum atomic E-state index is 12.2. The van der Waals surface area contributed by atoms with Crippen molar-refractivity contribution in [1.82, 2.24) is 4.90 Å². The molecule has 98 valence electrons. The minimum Gasteiger partial charge on any atom is -0.399 e. The van der Waals surface area contributed by atoms with E-state index in [1.54, 1.807) is 36.2 Å². The van der Waals surface area contributed by atoms with Crippen molar-refractivity contribution in [3.63, 3.8) is 0 Å². The highest BCUT2D eigenvalue weighted by Crippen LogP contribution is 2.13. The van der Waals surface area contributed by atoms with E-state index >= 15 is 0 Å². The molecule has 0 saturated heterocycles. The molecule has 0 heterocycles. The Bertz CT molecular complexity index is 564. The highest BCUT2D eigenvalue weighted by molar-refractivity contribution is 6.30. The van der Waals surface area contributed by atoms with Crippen molar-refractivity contribution in [2.45, 2.75) is 6.54 Å². The van der Waals surface area contributed by atoms with Crippen molar-refractivity contribution in [2.75, 3.05) is 12.8 Å². The van der Waals surface area contributed by atoms with Gasteiger partial charge in [0.2, 0.25) is 0 Å². The molecule has 1 amide bonds. The second-order valence-electron chi connectivity index (χ2n) is 4.41. The Morgan fingerprint density at radius 1 is 1.11 bits per heavy atom. The number of anilines is 1. The lowest BCUT2D eigenvalue weighted by Gasteiger charge is -2.17. The molecule has 0 spiro atoms. The summed E-state index contributed by atoms with van der Waals surface area (Å²) in [5.41, 5.74) is 8.02. The summed E-state index contributed by atoms with van der Waals surface area (Å²) in [7, 11) is 1.77. The zero-order valence-corrected chi connectivity index (χ0v) is 11.4. The molecule has 0 saturated carbocycles. The van der Waals surface area contributed by atoms with Crippen molar-refractivity contribution in [3.05, 3.63) is 64.7 Å². The number of amides is 1. The number of halogens is 1. The fraction of sp³-hybridized carbons (Fsp3) is 0.133. The second-order valence-corrected chi connectivity index (χ2v) is 4.85. The number of rotatable bonds is 3. The fourth-order valence-corrected chi connectivity index (χ4v) is 1.91. The molecule has 0 radical (unpaired) electrons. The summed E-state index contributed by atoms with van der Waals surface area (Å²) >= 11 is 5.80. The maximum Gasteiger partial charge on any atom is 0.253 e. The van der Waals surface area contributed by atoms with E-state index in [0.29, 0.717) is 17.1 Å². The van der Waals surface area contributed by atoms with Crippen LogP contribution in [0.5, 0.6) is 0 Å². The normalized spacial score (nSPS) is 10.2. The lowest BCUT2D eigenvalue weighted by atomic mass is 10.1. The van der Waals surface area contributed by atoms with E-state index in [4.69, 9.17) is 17.3 Å². The Morgan fingerprint density at radius 2 is 1.68 bits per heavy atom. The van der Waals surface area contributed by atoms with Crippen molar-refractivity contribution in [3.8, 4) is 0 Å². The molecular formula is C15H15ClN2O. The molecule has 19 heavy (non-hydrogen) atoms. The van der Waals surface area contributed by atoms with Crippen LogP contribution < -0.4 is 5.73 Å². The minimum atomic E-state index is -0.0338. The van der Waals surface area contributed by atoms with E-state index in [1.165, 1.54) is 0 Å². The van der Waals surface area contributed by atoms with Crippen LogP contribution >= 0.6 is 11.6 Å². The first-order valence-corrected chi connectivity index (χ1v) is 6.29. The molecule has 0 aliphatic rings. The van der Waals surface area contributed by atoms with E-state index in [1.807, 2.05) is 24.3 Å². The van der Waals surface area contributed by atoms with Gasteiger partial charge in [-0.05, 0) is 42.0 Å². The van der Waals surface area contributed by atoms with Gasteiger partial charge in [-0.1, -0.05) is 23.7 Å². The fourth-order valence-electron chi connectivity index (χ4n) is 1.78. The third-order valence-electron chi connectivity index (χ3n) is 2.84. The second kappa shape index (κ2) is 5.76. The topological polar surface area (TPSA) is 46.3 Å². The van der Waals surface area contributed by atoms with Gasteiger partial charge in [0.25, 0.3) is 5.91 Å². The van der Waals surface area contributed by atoms with Crippen LogP contribution in [0.4, 0.5) is 5.69 Å². The first kappa shape index (κ1) is 13.4. The molecule has 0 bridgehead atoms. The van der Waals surface area contributed by atoms with Gasteiger partial charge in [-0.15, -0.1) is 0 Å². The van der Waals surface area contributed by atoms with Gasteiger partial charge in [0.05, 0.1) is 0 Å². The molecule has 2 rings (SSSR count). The van der Waals surface area contributed by atoms with E-state index in [9.17, 15) is 4.79 Å². The van der Waals surface area contributed by atoms with Gasteiger partial charge in [0.1, 0.15) is 0 Å². The summed E-state index contributed by atoms with van der Waals surface area (Å²) in [6.07, 6.45) is 0. The molecule has 0 unspecified atom stereocenters. The van der Waals surface area contributed by atoms with Crippen molar-refractivity contribution in [1.29, 1.82) is 0 Å². The first-order chi connectivity index (χ1) is 9.06. The van der Waals surface area contributed by atoms with Crippen LogP contribution in [-0.2, 0) is 6.54 Å². The van der Waals surface area contributed by atoms with Crippen LogP contribution in [0.25, 0.3) is 0 Å². The van der Waals surface area contributed by atoms with Crippen LogP contribution in [0.15, 0.2) is 48.5 Å². The molecule has 0 atom stereocenters. The van der Waals surface area contributed by atoms with E-state index in [0.717, 1.165) is 11.3 Å². The summed E-state index contributed by atoms with van der Waals surface area (Å²) in [5.74, 6) is -0.0338. The van der Waals surface area contributed by atoms with Gasteiger partial charge in [-0.25, -0.2) is 0 Å². The van der Waals surface area contributed by atoms with Crippen LogP contribution in [-0.4, -0.2) is 17.9 Å². The Labute approximate surface area is 117 Å². The third-order valence-corrected chi connectivity index (χ3v) is 3.09. The van der Waals surface area contributed by atoms with Gasteiger partial charge in [-0.3, -0.25) is 4.79 Å². The van der Waals surface area contributed by atoms with Crippen LogP contribution in [0.1, 0.15) is 15.9 Å². The highest BCUT2D eigenvalue weighted by atomic mass is 35.5. The van der Waals surface area contributed by atoms with Gasteiger partial charge < -0.3 is 10.6 Å². The molecule has 0 aliphatic carbocycles. The zero-order valence-electron chi connectivity index (χ0n) is 10.6. The highest BCUT2D eigenvalue weighted by Gasteiger charge is 2.11. The number of nitrogens with two attached hydrogens (primary N) is 1. The Kier molecular flexibility index (Phi) is 4.07. The number of nitrogen functional groups attached to an aromatic ring is 1. The van der Waals surface area contributed by atoms with Crippen LogP contribution in [0.3, 0.4) is 0 Å². The third kappa shape index (κ3) is 3.48. The SMILES string of the molecule is CN(Cc1ccc(N)cc1)C(=O)c1ccc(Cl)cc1. The largest absolute Gasteiger partial charge is 0.399 e. The Morgan fingerprint density at radius 3 is 2.26 bits per heavy atom. The smallest absolute Gasteiger partial charge is 0.253 e. The van der Waals surface area contributed by atoms with Crippen molar-refractivity contribution < 1.29 is 4.79 Å². The molecule has 3 nitrogen and oxygen atoms in total. The number of hydrogen-bond acceptors (Lipinski definition) is 2. The van der Waals surface area contributed by atoms with Crippen molar-refractivity contribution >= 4 is 23.2 Å². The number of benzene rings is 2. The molecule has 2 aromatic rings. The van der Waals surface area contributed by atoms with Crippen LogP contribution in [0.2, 0.25) is 5.02 Å². The summed E-state index contributed by atoms with van der Waals surface area (Å²) in [5, 5.41) is 0.623. The monoisotopic (exact) mass is 274 g/mol. The first-order valence-electron chi connectivity index (χ1n) is 5.92. The number of carbonyl (C=O) groups is 1. The standard InChI is InChI=1S/C15H15ClN2O/c1-18(10-11-2-8-14(17)9-3-11)15(19)12-4-6-13(16)7-5-12/h2-9H,10,17H2,1H3. The molecular weight excluding hydrogens is 260 g/mol. The maximum absolute atomic E-state index is 12.2. The summed E-state index contributed by atoms with van der Waals surface area (Å²) in [6, 6.07) is 14.4. The molecule has 2 aromatic carbocycles. The average molecular weight is 275 g/mol. The molecule has 0 fully saturated rings. The predicted molar refractivity (Wildman–Crippen MR) is 78.1 cm³/mol. The average Bonchev–Trinajstić information content (AvgIpc) is 2.41. The number of hydrogen-bond donors (Lipinski definition) is 1. The minimum absolute atomic E-state index is 0.0338. The Balaban J connectivity index is 2.07. The van der Waals surface area contributed by atoms with E-state index in [-0.39, 0.29) is 5.91 Å². The Hall–Kier alpha value is -2.00. The number of carbonyl (C=O) groups excluding carboxylic acids is 1. The van der Waals surface area contributed by atoms with Gasteiger partial charge in [-0.2, -0.15) is 0 Å². The summed E-state index contributed by atoms with van der Waals surface area (Å²) in [4.78, 5) is 13.8. The molecule has 0 aromatic heterocycles. The van der Waals surface area contributed by atoms with E-state index in [2.05, 4.69) is 0 Å². The lowest BCUT2D eigenvalue weighted by molar-refractivity contribution is 0.0785. The zero-order chi connectivity index (χ0) is 13.8.